The molecular weight excluding hydrogens is 270 g/mol. The van der Waals surface area contributed by atoms with Gasteiger partial charge in [-0.3, -0.25) is 15.1 Å². The van der Waals surface area contributed by atoms with Crippen LogP contribution in [0.15, 0.2) is 21.8 Å². The highest BCUT2D eigenvalue weighted by Gasteiger charge is 2.36. The Balaban J connectivity index is 1.76. The SMILES string of the molecule is CN=C(C=C(N)C1CC1)N1CCC2=NC(=O)NC(=O)C2C1. The number of piperidine rings is 1. The van der Waals surface area contributed by atoms with Crippen molar-refractivity contribution in [1.29, 1.82) is 0 Å². The van der Waals surface area contributed by atoms with Crippen LogP contribution in [0.25, 0.3) is 0 Å². The highest BCUT2D eigenvalue weighted by molar-refractivity contribution is 6.17. The molecule has 1 atom stereocenters. The van der Waals surface area contributed by atoms with Crippen LogP contribution in [0.5, 0.6) is 0 Å². The number of nitrogens with two attached hydrogens (primary N) is 1. The molecule has 112 valence electrons. The minimum atomic E-state index is -0.554. The van der Waals surface area contributed by atoms with Gasteiger partial charge < -0.3 is 10.6 Å². The third kappa shape index (κ3) is 2.81. The molecule has 2 aliphatic heterocycles. The van der Waals surface area contributed by atoms with Gasteiger partial charge in [-0.25, -0.2) is 9.79 Å². The summed E-state index contributed by atoms with van der Waals surface area (Å²) in [4.78, 5) is 33.4. The number of fused-ring (bicyclic) bond motifs is 1. The number of allylic oxidation sites excluding steroid dienone is 1. The molecule has 0 aromatic carbocycles. The molecule has 3 rings (SSSR count). The zero-order valence-electron chi connectivity index (χ0n) is 12.0. The third-order valence-electron chi connectivity index (χ3n) is 4.13. The van der Waals surface area contributed by atoms with E-state index in [1.54, 1.807) is 7.05 Å². The Bertz CT molecular complexity index is 574. The summed E-state index contributed by atoms with van der Waals surface area (Å²) in [6.45, 7) is 1.18. The number of hydrogen-bond donors (Lipinski definition) is 2. The molecule has 3 aliphatic rings. The molecule has 1 saturated carbocycles. The number of imide groups is 1. The van der Waals surface area contributed by atoms with Crippen molar-refractivity contribution in [2.45, 2.75) is 19.3 Å². The fourth-order valence-electron chi connectivity index (χ4n) is 2.75. The van der Waals surface area contributed by atoms with Gasteiger partial charge in [-0.2, -0.15) is 0 Å². The van der Waals surface area contributed by atoms with Crippen molar-refractivity contribution in [3.05, 3.63) is 11.8 Å². The van der Waals surface area contributed by atoms with Crippen molar-refractivity contribution in [3.63, 3.8) is 0 Å². The average molecular weight is 289 g/mol. The second-order valence-corrected chi connectivity index (χ2v) is 5.65. The standard InChI is InChI=1S/C14H19N5O2/c1-16-12(6-10(15)8-2-3-8)19-5-4-11-9(7-19)13(20)18-14(21)17-11/h6,8-9H,2-5,7,15H2,1H3,(H,18,20,21). The fourth-order valence-corrected chi connectivity index (χ4v) is 2.75. The lowest BCUT2D eigenvalue weighted by Crippen LogP contribution is -2.53. The summed E-state index contributed by atoms with van der Waals surface area (Å²) in [5.41, 5.74) is 7.58. The van der Waals surface area contributed by atoms with Crippen LogP contribution >= 0.6 is 0 Å². The Kier molecular flexibility index (Phi) is 3.48. The second-order valence-electron chi connectivity index (χ2n) is 5.65. The first kappa shape index (κ1) is 13.8. The van der Waals surface area contributed by atoms with Gasteiger partial charge in [0.15, 0.2) is 0 Å². The van der Waals surface area contributed by atoms with E-state index in [1.165, 1.54) is 0 Å². The average Bonchev–Trinajstić information content (AvgIpc) is 3.29. The summed E-state index contributed by atoms with van der Waals surface area (Å²) < 4.78 is 0. The van der Waals surface area contributed by atoms with Crippen LogP contribution < -0.4 is 11.1 Å². The van der Waals surface area contributed by atoms with Gasteiger partial charge in [-0.05, 0) is 24.8 Å². The Hall–Kier alpha value is -2.18. The molecule has 3 amide bonds. The predicted octanol–water partition coefficient (Wildman–Crippen LogP) is 0.280. The topological polar surface area (TPSA) is 100 Å². The summed E-state index contributed by atoms with van der Waals surface area (Å²) in [5, 5.41) is 2.25. The summed E-state index contributed by atoms with van der Waals surface area (Å²) in [5.74, 6) is 0.635. The van der Waals surface area contributed by atoms with E-state index in [0.717, 1.165) is 24.4 Å². The molecular formula is C14H19N5O2. The van der Waals surface area contributed by atoms with Crippen LogP contribution in [0.1, 0.15) is 19.3 Å². The number of amides is 3. The number of likely N-dealkylation sites (tertiary alicyclic amines) is 1. The number of rotatable bonds is 2. The van der Waals surface area contributed by atoms with E-state index >= 15 is 0 Å². The van der Waals surface area contributed by atoms with Crippen molar-refractivity contribution in [1.82, 2.24) is 10.2 Å². The van der Waals surface area contributed by atoms with Gasteiger partial charge in [0.2, 0.25) is 5.91 Å². The molecule has 7 nitrogen and oxygen atoms in total. The number of carbonyl (C=O) groups excluding carboxylic acids is 2. The minimum absolute atomic E-state index is 0.274. The largest absolute Gasteiger partial charge is 0.402 e. The van der Waals surface area contributed by atoms with E-state index in [9.17, 15) is 9.59 Å². The van der Waals surface area contributed by atoms with Crippen LogP contribution in [-0.4, -0.2) is 48.5 Å². The van der Waals surface area contributed by atoms with Gasteiger partial charge in [0, 0.05) is 38.0 Å². The number of nitrogens with one attached hydrogen (secondary N) is 1. The Morgan fingerprint density at radius 2 is 2.24 bits per heavy atom. The monoisotopic (exact) mass is 289 g/mol. The maximum Gasteiger partial charge on any atom is 0.347 e. The number of hydrogen-bond acceptors (Lipinski definition) is 4. The van der Waals surface area contributed by atoms with E-state index in [2.05, 4.69) is 15.3 Å². The summed E-state index contributed by atoms with van der Waals surface area (Å²) in [6.07, 6.45) is 4.79. The Morgan fingerprint density at radius 1 is 1.48 bits per heavy atom. The van der Waals surface area contributed by atoms with Crippen LogP contribution in [-0.2, 0) is 4.79 Å². The second kappa shape index (κ2) is 5.31. The molecule has 2 heterocycles. The van der Waals surface area contributed by atoms with Crippen LogP contribution in [0.3, 0.4) is 0 Å². The van der Waals surface area contributed by atoms with Crippen molar-refractivity contribution in [2.75, 3.05) is 20.1 Å². The van der Waals surface area contributed by atoms with E-state index in [1.807, 2.05) is 11.0 Å². The summed E-state index contributed by atoms with van der Waals surface area (Å²) in [7, 11) is 1.72. The molecule has 7 heteroatoms. The first-order chi connectivity index (χ1) is 10.1. The van der Waals surface area contributed by atoms with E-state index < -0.39 is 6.03 Å². The first-order valence-electron chi connectivity index (χ1n) is 7.19. The van der Waals surface area contributed by atoms with Gasteiger partial charge in [-0.1, -0.05) is 0 Å². The zero-order chi connectivity index (χ0) is 15.0. The normalized spacial score (nSPS) is 27.2. The predicted molar refractivity (Wildman–Crippen MR) is 79.0 cm³/mol. The summed E-state index contributed by atoms with van der Waals surface area (Å²) in [6, 6.07) is -0.554. The van der Waals surface area contributed by atoms with Gasteiger partial charge in [0.05, 0.1) is 5.92 Å². The lowest BCUT2D eigenvalue weighted by molar-refractivity contribution is -0.122. The smallest absolute Gasteiger partial charge is 0.347 e. The van der Waals surface area contributed by atoms with Gasteiger partial charge in [0.25, 0.3) is 0 Å². The molecule has 1 saturated heterocycles. The maximum atomic E-state index is 11.9. The zero-order valence-corrected chi connectivity index (χ0v) is 12.0. The number of carbonyl (C=O) groups is 2. The van der Waals surface area contributed by atoms with E-state index in [0.29, 0.717) is 31.1 Å². The number of nitrogens with zero attached hydrogens (tertiary/aromatic N) is 3. The number of urea groups is 1. The maximum absolute atomic E-state index is 11.9. The lowest BCUT2D eigenvalue weighted by Gasteiger charge is -2.35. The molecule has 0 bridgehead atoms. The van der Waals surface area contributed by atoms with Crippen LogP contribution in [0, 0.1) is 11.8 Å². The minimum Gasteiger partial charge on any atom is -0.402 e. The molecule has 0 aromatic heterocycles. The Labute approximate surface area is 123 Å². The molecule has 1 aliphatic carbocycles. The molecule has 0 radical (unpaired) electrons. The van der Waals surface area contributed by atoms with Crippen molar-refractivity contribution < 1.29 is 9.59 Å². The molecule has 1 unspecified atom stereocenters. The molecule has 3 N–H and O–H groups in total. The lowest BCUT2D eigenvalue weighted by atomic mass is 9.93. The highest BCUT2D eigenvalue weighted by atomic mass is 16.2. The number of aliphatic imine (C=N–C) groups is 2. The highest BCUT2D eigenvalue weighted by Crippen LogP contribution is 2.33. The van der Waals surface area contributed by atoms with Gasteiger partial charge >= 0.3 is 6.03 Å². The van der Waals surface area contributed by atoms with Crippen molar-refractivity contribution >= 4 is 23.5 Å². The van der Waals surface area contributed by atoms with Gasteiger partial charge in [0.1, 0.15) is 5.84 Å². The molecule has 21 heavy (non-hydrogen) atoms. The summed E-state index contributed by atoms with van der Waals surface area (Å²) >= 11 is 0. The first-order valence-corrected chi connectivity index (χ1v) is 7.19. The van der Waals surface area contributed by atoms with Gasteiger partial charge in [-0.15, -0.1) is 0 Å². The van der Waals surface area contributed by atoms with E-state index in [-0.39, 0.29) is 11.8 Å². The van der Waals surface area contributed by atoms with Crippen LogP contribution in [0.4, 0.5) is 4.79 Å². The quantitative estimate of drug-likeness (QED) is 0.563. The van der Waals surface area contributed by atoms with Crippen molar-refractivity contribution in [2.24, 2.45) is 27.6 Å². The van der Waals surface area contributed by atoms with Crippen molar-refractivity contribution in [3.8, 4) is 0 Å². The molecule has 0 aromatic rings. The molecule has 0 spiro atoms. The fraction of sp³-hybridized carbons (Fsp3) is 0.571. The van der Waals surface area contributed by atoms with E-state index in [4.69, 9.17) is 5.73 Å². The number of amidine groups is 1. The third-order valence-corrected chi connectivity index (χ3v) is 4.13. The van der Waals surface area contributed by atoms with Crippen LogP contribution in [0.2, 0.25) is 0 Å². The molecule has 2 fully saturated rings. The Morgan fingerprint density at radius 3 is 2.90 bits per heavy atom.